The summed E-state index contributed by atoms with van der Waals surface area (Å²) < 4.78 is 18.5. The van der Waals surface area contributed by atoms with Gasteiger partial charge in [0, 0.05) is 52.8 Å². The average molecular weight is 1120 g/mol. The van der Waals surface area contributed by atoms with Crippen molar-refractivity contribution < 1.29 is 8.83 Å². The Morgan fingerprint density at radius 1 is 0.305 bits per heavy atom. The second kappa shape index (κ2) is 15.6. The standard InChI is InChI=1S/C74H50N2O2S2Si2/c1-81(2)61-33-17-9-25-47(61)73(48-26-10-18-34-62(48)81)51-41-65(75-53-29-13-5-21-43(53)67-55(75)37-39-59-69(67)45-23-7-15-31-57(45)77-59)80-72(51)74(49-27-11-19-35-63(49)82(3,4)64-36-20-12-28-50(64)74)52-42-66(79-71(52)73)76-54-30-14-6-22-44(54)68-56(76)38-40-60-70(68)46-24-8-16-32-58(46)78-60/h5-42H,1-4H3. The molecule has 0 N–H and O–H groups in total. The summed E-state index contributed by atoms with van der Waals surface area (Å²) in [6.45, 7) is 10.3. The fraction of sp³-hybridized carbons (Fsp3) is 0.0811. The molecular formula is C74H50N2O2S2Si2. The van der Waals surface area contributed by atoms with Gasteiger partial charge in [0.1, 0.15) is 48.5 Å². The first-order valence-corrected chi connectivity index (χ1v) is 36.2. The minimum atomic E-state index is -2.30. The number of aromatic nitrogens is 2. The van der Waals surface area contributed by atoms with Crippen molar-refractivity contribution in [2.45, 2.75) is 37.0 Å². The van der Waals surface area contributed by atoms with Crippen molar-refractivity contribution in [1.82, 2.24) is 9.13 Å². The maximum atomic E-state index is 6.65. The van der Waals surface area contributed by atoms with Crippen LogP contribution in [0.25, 0.3) is 97.5 Å². The Morgan fingerprint density at radius 2 is 0.634 bits per heavy atom. The monoisotopic (exact) mass is 1120 g/mol. The predicted molar refractivity (Wildman–Crippen MR) is 349 cm³/mol. The third-order valence-corrected chi connectivity index (χ3v) is 29.3. The maximum Gasteiger partial charge on any atom is 0.136 e. The minimum Gasteiger partial charge on any atom is -0.456 e. The van der Waals surface area contributed by atoms with Crippen molar-refractivity contribution in [3.8, 4) is 10.0 Å². The Labute approximate surface area is 482 Å². The van der Waals surface area contributed by atoms with Gasteiger partial charge in [-0.15, -0.1) is 22.7 Å². The number of thiophene rings is 2. The number of fused-ring (bicyclic) bond motifs is 28. The summed E-state index contributed by atoms with van der Waals surface area (Å²) in [6, 6.07) is 88.2. The number of nitrogens with zero attached hydrogens (tertiary/aromatic N) is 2. The predicted octanol–water partition coefficient (Wildman–Crippen LogP) is 17.2. The Morgan fingerprint density at radius 3 is 1.02 bits per heavy atom. The molecule has 1 aliphatic carbocycles. The van der Waals surface area contributed by atoms with E-state index in [9.17, 15) is 0 Å². The molecule has 2 aliphatic heterocycles. The number of rotatable bonds is 2. The molecule has 0 amide bonds. The Hall–Kier alpha value is -8.77. The van der Waals surface area contributed by atoms with Gasteiger partial charge < -0.3 is 18.0 Å². The lowest BCUT2D eigenvalue weighted by Gasteiger charge is -2.54. The van der Waals surface area contributed by atoms with Crippen molar-refractivity contribution >= 4 is 147 Å². The van der Waals surface area contributed by atoms with Crippen LogP contribution in [-0.2, 0) is 10.8 Å². The molecule has 0 atom stereocenters. The lowest BCUT2D eigenvalue weighted by atomic mass is 9.55. The molecule has 0 radical (unpaired) electrons. The molecule has 8 heterocycles. The summed E-state index contributed by atoms with van der Waals surface area (Å²) in [4.78, 5) is 2.79. The van der Waals surface area contributed by atoms with Crippen molar-refractivity contribution in [2.24, 2.45) is 0 Å². The van der Waals surface area contributed by atoms with E-state index < -0.39 is 27.0 Å². The van der Waals surface area contributed by atoms with Crippen LogP contribution in [0.5, 0.6) is 0 Å². The summed E-state index contributed by atoms with van der Waals surface area (Å²) in [5.41, 5.74) is 15.4. The molecule has 388 valence electrons. The highest BCUT2D eigenvalue weighted by atomic mass is 32.1. The van der Waals surface area contributed by atoms with Crippen LogP contribution in [0.1, 0.15) is 43.1 Å². The number of hydrogen-bond acceptors (Lipinski definition) is 4. The van der Waals surface area contributed by atoms with E-state index in [2.05, 4.69) is 266 Å². The third kappa shape index (κ3) is 5.31. The van der Waals surface area contributed by atoms with Crippen LogP contribution in [0.4, 0.5) is 0 Å². The van der Waals surface area contributed by atoms with Gasteiger partial charge in [-0.05, 0) is 115 Å². The van der Waals surface area contributed by atoms with Crippen LogP contribution >= 0.6 is 22.7 Å². The molecule has 3 aliphatic rings. The number of hydrogen-bond donors (Lipinski definition) is 0. The van der Waals surface area contributed by atoms with E-state index >= 15 is 0 Å². The summed E-state index contributed by atoms with van der Waals surface area (Å²) in [6.07, 6.45) is 0. The molecule has 0 saturated carbocycles. The minimum absolute atomic E-state index is 0.697. The zero-order valence-electron chi connectivity index (χ0n) is 45.5. The van der Waals surface area contributed by atoms with Gasteiger partial charge in [0.25, 0.3) is 0 Å². The number of benzene rings is 10. The first-order chi connectivity index (χ1) is 40.2. The second-order valence-electron chi connectivity index (χ2n) is 24.2. The van der Waals surface area contributed by atoms with Crippen molar-refractivity contribution in [1.29, 1.82) is 0 Å². The van der Waals surface area contributed by atoms with Gasteiger partial charge >= 0.3 is 0 Å². The lowest BCUT2D eigenvalue weighted by Crippen LogP contribution is -2.66. The molecule has 4 nitrogen and oxygen atoms in total. The van der Waals surface area contributed by atoms with Gasteiger partial charge in [-0.2, -0.15) is 0 Å². The summed E-state index contributed by atoms with van der Waals surface area (Å²) >= 11 is 4.03. The summed E-state index contributed by atoms with van der Waals surface area (Å²) in [7, 11) is -4.61. The van der Waals surface area contributed by atoms with Gasteiger partial charge in [0.05, 0.1) is 32.9 Å². The molecule has 10 aromatic carbocycles. The van der Waals surface area contributed by atoms with E-state index in [-0.39, 0.29) is 0 Å². The van der Waals surface area contributed by atoms with Gasteiger partial charge in [0.2, 0.25) is 0 Å². The molecule has 16 aromatic rings. The normalized spacial score (nSPS) is 16.0. The first-order valence-electron chi connectivity index (χ1n) is 28.6. The van der Waals surface area contributed by atoms with Crippen LogP contribution in [0.2, 0.25) is 26.2 Å². The quantitative estimate of drug-likeness (QED) is 0.162. The fourth-order valence-corrected chi connectivity index (χ4v) is 25.8. The molecule has 19 rings (SSSR count). The molecule has 0 bridgehead atoms. The zero-order valence-corrected chi connectivity index (χ0v) is 49.1. The van der Waals surface area contributed by atoms with E-state index in [1.165, 1.54) is 128 Å². The maximum absolute atomic E-state index is 6.65. The van der Waals surface area contributed by atoms with E-state index in [1.807, 2.05) is 22.7 Å². The Kier molecular flexibility index (Phi) is 8.74. The molecule has 82 heavy (non-hydrogen) atoms. The van der Waals surface area contributed by atoms with Crippen LogP contribution in [0.15, 0.2) is 239 Å². The van der Waals surface area contributed by atoms with Crippen LogP contribution < -0.4 is 20.7 Å². The first kappa shape index (κ1) is 45.9. The van der Waals surface area contributed by atoms with Gasteiger partial charge in [-0.1, -0.05) is 196 Å². The second-order valence-corrected chi connectivity index (χ2v) is 34.9. The molecule has 8 heteroatoms. The number of furan rings is 2. The highest BCUT2D eigenvalue weighted by molar-refractivity contribution is 7.16. The third-order valence-electron chi connectivity index (χ3n) is 19.7. The smallest absolute Gasteiger partial charge is 0.136 e. The molecule has 6 aromatic heterocycles. The van der Waals surface area contributed by atoms with Crippen molar-refractivity contribution in [3.05, 3.63) is 274 Å². The zero-order chi connectivity index (χ0) is 54.2. The largest absolute Gasteiger partial charge is 0.456 e. The van der Waals surface area contributed by atoms with E-state index in [4.69, 9.17) is 8.83 Å². The van der Waals surface area contributed by atoms with E-state index in [1.54, 1.807) is 0 Å². The van der Waals surface area contributed by atoms with Gasteiger partial charge in [-0.25, -0.2) is 0 Å². The molecular weight excluding hydrogens is 1070 g/mol. The summed E-state index contributed by atoms with van der Waals surface area (Å²) in [5, 5.41) is 18.0. The molecule has 0 saturated heterocycles. The van der Waals surface area contributed by atoms with Crippen LogP contribution in [-0.4, -0.2) is 25.3 Å². The van der Waals surface area contributed by atoms with Crippen molar-refractivity contribution in [3.63, 3.8) is 0 Å². The SMILES string of the molecule is C[Si]1(C)c2ccccc2C2(c3ccccc31)c1cc(-n3c4ccccc4c4c5c(ccc43)oc3ccccc35)sc1C1(c3ccccc3[Si](C)(C)c3ccccc31)c1cc(-n3c4ccccc4c4c5c(ccc43)oc3ccccc35)sc12. The fourth-order valence-electron chi connectivity index (χ4n) is 16.4. The average Bonchev–Trinajstić information content (AvgIpc) is 1.81. The summed E-state index contributed by atoms with van der Waals surface area (Å²) in [5.74, 6) is 0. The Bertz CT molecular complexity index is 5030. The Balaban J connectivity index is 1.02. The highest BCUT2D eigenvalue weighted by Gasteiger charge is 2.62. The van der Waals surface area contributed by atoms with E-state index in [0.717, 1.165) is 33.1 Å². The van der Waals surface area contributed by atoms with Crippen LogP contribution in [0, 0.1) is 0 Å². The molecule has 0 unspecified atom stereocenters. The van der Waals surface area contributed by atoms with Gasteiger partial charge in [-0.3, -0.25) is 0 Å². The highest BCUT2D eigenvalue weighted by Crippen LogP contribution is 2.66. The molecule has 2 spiro atoms. The lowest BCUT2D eigenvalue weighted by molar-refractivity contribution is 0.646. The number of para-hydroxylation sites is 4. The van der Waals surface area contributed by atoms with Crippen molar-refractivity contribution in [2.75, 3.05) is 0 Å². The van der Waals surface area contributed by atoms with E-state index in [0.29, 0.717) is 0 Å². The van der Waals surface area contributed by atoms with Crippen LogP contribution in [0.3, 0.4) is 0 Å². The van der Waals surface area contributed by atoms with Gasteiger partial charge in [0.15, 0.2) is 0 Å². The molecule has 0 fully saturated rings. The topological polar surface area (TPSA) is 36.1 Å².